The molecule has 0 aliphatic heterocycles. The summed E-state index contributed by atoms with van der Waals surface area (Å²) in [7, 11) is 0. The van der Waals surface area contributed by atoms with Crippen LogP contribution in [0.2, 0.25) is 15.1 Å². The summed E-state index contributed by atoms with van der Waals surface area (Å²) in [4.78, 5) is 16.5. The molecule has 2 rings (SSSR count). The molecule has 0 saturated heterocycles. The van der Waals surface area contributed by atoms with E-state index in [4.69, 9.17) is 34.8 Å². The van der Waals surface area contributed by atoms with Crippen molar-refractivity contribution >= 4 is 52.0 Å². The zero-order valence-electron chi connectivity index (χ0n) is 11.5. The third kappa shape index (κ3) is 4.07. The first-order valence-electron chi connectivity index (χ1n) is 6.35. The number of carbonyl (C=O) groups is 1. The van der Waals surface area contributed by atoms with Crippen molar-refractivity contribution in [1.29, 1.82) is 0 Å². The number of hydrogen-bond acceptors (Lipinski definition) is 2. The zero-order chi connectivity index (χ0) is 16.3. The van der Waals surface area contributed by atoms with Crippen molar-refractivity contribution in [3.05, 3.63) is 62.8 Å². The predicted molar refractivity (Wildman–Crippen MR) is 89.6 cm³/mol. The minimum atomic E-state index is -0.491. The summed E-state index contributed by atoms with van der Waals surface area (Å²) in [6.07, 6.45) is 0.0346. The first kappa shape index (κ1) is 16.9. The summed E-state index contributed by atoms with van der Waals surface area (Å²) in [5, 5.41) is 0.881. The van der Waals surface area contributed by atoms with Gasteiger partial charge in [-0.2, -0.15) is 0 Å². The first-order valence-corrected chi connectivity index (χ1v) is 7.48. The first-order chi connectivity index (χ1) is 10.4. The summed E-state index contributed by atoms with van der Waals surface area (Å²) < 4.78 is 13.0. The number of rotatable bonds is 4. The summed E-state index contributed by atoms with van der Waals surface area (Å²) in [6, 6.07) is 8.69. The lowest BCUT2D eigenvalue weighted by Crippen LogP contribution is -2.06. The van der Waals surface area contributed by atoms with E-state index in [-0.39, 0.29) is 22.8 Å². The fourth-order valence-electron chi connectivity index (χ4n) is 1.87. The normalized spacial score (nSPS) is 11.6. The number of Topliss-reactive ketones (excluding diaryl/α,β-unsaturated/α-hetero) is 1. The summed E-state index contributed by atoms with van der Waals surface area (Å²) in [5.41, 5.74) is 1.20. The Hall–Kier alpha value is -1.42. The molecule has 22 heavy (non-hydrogen) atoms. The van der Waals surface area contributed by atoms with Crippen LogP contribution in [0.4, 0.5) is 10.1 Å². The van der Waals surface area contributed by atoms with E-state index in [2.05, 4.69) is 4.99 Å². The zero-order valence-corrected chi connectivity index (χ0v) is 13.8. The Morgan fingerprint density at radius 2 is 1.73 bits per heavy atom. The molecule has 0 fully saturated rings. The third-order valence-corrected chi connectivity index (χ3v) is 3.81. The SMILES string of the molecule is CC(CC(=O)c1ccc(F)cc1Cl)=Nc1c(Cl)cccc1Cl. The van der Waals surface area contributed by atoms with Crippen molar-refractivity contribution in [1.82, 2.24) is 0 Å². The minimum Gasteiger partial charge on any atom is -0.294 e. The molecule has 0 aromatic heterocycles. The van der Waals surface area contributed by atoms with Crippen LogP contribution in [-0.4, -0.2) is 11.5 Å². The van der Waals surface area contributed by atoms with E-state index in [0.29, 0.717) is 21.4 Å². The molecule has 0 heterocycles. The Morgan fingerprint density at radius 3 is 2.32 bits per heavy atom. The Bertz CT molecular complexity index is 739. The molecular formula is C16H11Cl3FNO. The average molecular weight is 359 g/mol. The van der Waals surface area contributed by atoms with Crippen molar-refractivity contribution in [2.75, 3.05) is 0 Å². The number of para-hydroxylation sites is 1. The van der Waals surface area contributed by atoms with Crippen LogP contribution in [0.15, 0.2) is 41.4 Å². The van der Waals surface area contributed by atoms with Gasteiger partial charge in [-0.1, -0.05) is 40.9 Å². The van der Waals surface area contributed by atoms with Crippen LogP contribution >= 0.6 is 34.8 Å². The summed E-state index contributed by atoms with van der Waals surface area (Å²) in [5.74, 6) is -0.746. The van der Waals surface area contributed by atoms with Crippen LogP contribution in [0.3, 0.4) is 0 Å². The molecule has 0 unspecified atom stereocenters. The lowest BCUT2D eigenvalue weighted by Gasteiger charge is -2.06. The quantitative estimate of drug-likeness (QED) is 0.476. The molecule has 0 amide bonds. The van der Waals surface area contributed by atoms with Gasteiger partial charge in [-0.15, -0.1) is 0 Å². The molecule has 0 aliphatic carbocycles. The Kier molecular flexibility index (Phi) is 5.57. The van der Waals surface area contributed by atoms with E-state index in [9.17, 15) is 9.18 Å². The van der Waals surface area contributed by atoms with Crippen LogP contribution in [0, 0.1) is 5.82 Å². The molecule has 0 spiro atoms. The molecule has 0 N–H and O–H groups in total. The van der Waals surface area contributed by atoms with Gasteiger partial charge in [0.15, 0.2) is 5.78 Å². The average Bonchev–Trinajstić information content (AvgIpc) is 2.42. The smallest absolute Gasteiger partial charge is 0.169 e. The maximum Gasteiger partial charge on any atom is 0.169 e. The monoisotopic (exact) mass is 357 g/mol. The van der Waals surface area contributed by atoms with E-state index < -0.39 is 5.82 Å². The third-order valence-electron chi connectivity index (χ3n) is 2.89. The predicted octanol–water partition coefficient (Wildman–Crippen LogP) is 6.15. The molecule has 2 aromatic carbocycles. The van der Waals surface area contributed by atoms with Gasteiger partial charge in [0.05, 0.1) is 15.1 Å². The number of carbonyl (C=O) groups excluding carboxylic acids is 1. The summed E-state index contributed by atoms with van der Waals surface area (Å²) >= 11 is 17.9. The maximum atomic E-state index is 13.0. The van der Waals surface area contributed by atoms with E-state index in [1.165, 1.54) is 12.1 Å². The van der Waals surface area contributed by atoms with E-state index in [0.717, 1.165) is 6.07 Å². The highest BCUT2D eigenvalue weighted by molar-refractivity contribution is 6.39. The van der Waals surface area contributed by atoms with Gasteiger partial charge in [0, 0.05) is 17.7 Å². The van der Waals surface area contributed by atoms with Gasteiger partial charge in [0.25, 0.3) is 0 Å². The second kappa shape index (κ2) is 7.23. The van der Waals surface area contributed by atoms with Crippen LogP contribution in [0.5, 0.6) is 0 Å². The number of halogens is 4. The van der Waals surface area contributed by atoms with Crippen molar-refractivity contribution < 1.29 is 9.18 Å². The van der Waals surface area contributed by atoms with Gasteiger partial charge < -0.3 is 0 Å². The minimum absolute atomic E-state index is 0.0346. The fourth-order valence-corrected chi connectivity index (χ4v) is 2.62. The number of aliphatic imine (C=N–C) groups is 1. The van der Waals surface area contributed by atoms with Gasteiger partial charge in [-0.3, -0.25) is 9.79 Å². The highest BCUT2D eigenvalue weighted by atomic mass is 35.5. The molecule has 0 aliphatic rings. The van der Waals surface area contributed by atoms with E-state index in [1.807, 2.05) is 0 Å². The van der Waals surface area contributed by atoms with Crippen LogP contribution in [0.1, 0.15) is 23.7 Å². The molecular weight excluding hydrogens is 348 g/mol. The molecule has 0 bridgehead atoms. The molecule has 0 radical (unpaired) electrons. The van der Waals surface area contributed by atoms with Crippen LogP contribution in [0.25, 0.3) is 0 Å². The Balaban J connectivity index is 2.23. The van der Waals surface area contributed by atoms with Gasteiger partial charge in [0.1, 0.15) is 11.5 Å². The van der Waals surface area contributed by atoms with Crippen molar-refractivity contribution in [2.45, 2.75) is 13.3 Å². The highest BCUT2D eigenvalue weighted by Crippen LogP contribution is 2.33. The molecule has 0 atom stereocenters. The van der Waals surface area contributed by atoms with Crippen molar-refractivity contribution in [2.24, 2.45) is 4.99 Å². The van der Waals surface area contributed by atoms with E-state index in [1.54, 1.807) is 25.1 Å². The largest absolute Gasteiger partial charge is 0.294 e. The summed E-state index contributed by atoms with van der Waals surface area (Å²) in [6.45, 7) is 1.69. The van der Waals surface area contributed by atoms with Crippen LogP contribution in [-0.2, 0) is 0 Å². The Morgan fingerprint density at radius 1 is 1.09 bits per heavy atom. The van der Waals surface area contributed by atoms with Gasteiger partial charge in [0.2, 0.25) is 0 Å². The van der Waals surface area contributed by atoms with Gasteiger partial charge >= 0.3 is 0 Å². The van der Waals surface area contributed by atoms with Gasteiger partial charge in [-0.05, 0) is 37.3 Å². The number of nitrogens with zero attached hydrogens (tertiary/aromatic N) is 1. The highest BCUT2D eigenvalue weighted by Gasteiger charge is 2.13. The second-order valence-electron chi connectivity index (χ2n) is 4.64. The standard InChI is InChI=1S/C16H11Cl3FNO/c1-9(21-16-12(17)3-2-4-13(16)18)7-15(22)11-6-5-10(20)8-14(11)19/h2-6,8H,7H2,1H3. The molecule has 114 valence electrons. The number of ketones is 1. The van der Waals surface area contributed by atoms with E-state index >= 15 is 0 Å². The molecule has 6 heteroatoms. The fraction of sp³-hybridized carbons (Fsp3) is 0.125. The molecule has 2 nitrogen and oxygen atoms in total. The van der Waals surface area contributed by atoms with Crippen LogP contribution < -0.4 is 0 Å². The number of benzene rings is 2. The molecule has 2 aromatic rings. The Labute approximate surface area is 142 Å². The van der Waals surface area contributed by atoms with Gasteiger partial charge in [-0.25, -0.2) is 4.39 Å². The molecule has 0 saturated carbocycles. The number of hydrogen-bond donors (Lipinski definition) is 0. The lowest BCUT2D eigenvalue weighted by atomic mass is 10.1. The maximum absolute atomic E-state index is 13.0. The second-order valence-corrected chi connectivity index (χ2v) is 5.86. The lowest BCUT2D eigenvalue weighted by molar-refractivity contribution is 0.100. The van der Waals surface area contributed by atoms with Crippen molar-refractivity contribution in [3.63, 3.8) is 0 Å². The topological polar surface area (TPSA) is 29.4 Å². The van der Waals surface area contributed by atoms with Crippen molar-refractivity contribution in [3.8, 4) is 0 Å².